The average molecular weight is 372 g/mol. The fourth-order valence-electron chi connectivity index (χ4n) is 4.01. The molecule has 4 heteroatoms. The van der Waals surface area contributed by atoms with Gasteiger partial charge in [-0.05, 0) is 46.2 Å². The van der Waals surface area contributed by atoms with Gasteiger partial charge in [0.05, 0.1) is 0 Å². The van der Waals surface area contributed by atoms with Gasteiger partial charge >= 0.3 is 0 Å². The molecule has 28 heavy (non-hydrogen) atoms. The molecule has 142 valence electrons. The molecule has 0 saturated carbocycles. The van der Waals surface area contributed by atoms with Crippen LogP contribution in [0.3, 0.4) is 0 Å². The second kappa shape index (κ2) is 8.40. The maximum Gasteiger partial charge on any atom is 0.138 e. The number of hydrogen-bond acceptors (Lipinski definition) is 4. The third kappa shape index (κ3) is 3.22. The topological polar surface area (TPSA) is 88.0 Å². The lowest BCUT2D eigenvalue weighted by molar-refractivity contribution is 0.262. The zero-order valence-corrected chi connectivity index (χ0v) is 16.2. The quantitative estimate of drug-likeness (QED) is 0.624. The molecule has 1 aliphatic carbocycles. The molecule has 0 bridgehead atoms. The Kier molecular flexibility index (Phi) is 5.95. The zero-order chi connectivity index (χ0) is 20.3. The summed E-state index contributed by atoms with van der Waals surface area (Å²) in [5.41, 5.74) is 6.47. The van der Waals surface area contributed by atoms with Crippen LogP contribution in [-0.2, 0) is 0 Å². The number of benzene rings is 2. The van der Waals surface area contributed by atoms with Crippen molar-refractivity contribution in [1.29, 1.82) is 10.5 Å². The first-order valence-corrected chi connectivity index (χ1v) is 9.68. The van der Waals surface area contributed by atoms with Gasteiger partial charge in [0.15, 0.2) is 0 Å². The summed E-state index contributed by atoms with van der Waals surface area (Å²) in [6.45, 7) is 4.18. The van der Waals surface area contributed by atoms with Crippen molar-refractivity contribution < 1.29 is 10.2 Å². The highest BCUT2D eigenvalue weighted by atomic mass is 16.3. The van der Waals surface area contributed by atoms with Crippen molar-refractivity contribution >= 4 is 5.57 Å². The molecule has 2 N–H and O–H groups in total. The third-order valence-corrected chi connectivity index (χ3v) is 5.76. The van der Waals surface area contributed by atoms with Gasteiger partial charge in [-0.15, -0.1) is 0 Å². The number of aliphatic hydroxyl groups is 2. The van der Waals surface area contributed by atoms with Crippen LogP contribution in [0.1, 0.15) is 60.8 Å². The van der Waals surface area contributed by atoms with Gasteiger partial charge in [0, 0.05) is 30.6 Å². The van der Waals surface area contributed by atoms with Crippen LogP contribution in [-0.4, -0.2) is 23.4 Å². The molecule has 0 heterocycles. The van der Waals surface area contributed by atoms with Crippen molar-refractivity contribution in [3.63, 3.8) is 0 Å². The number of nitrogens with zero attached hydrogens (tertiary/aromatic N) is 2. The second-order valence-corrected chi connectivity index (χ2v) is 7.16. The molecular formula is C24H24N2O2. The highest BCUT2D eigenvalue weighted by Gasteiger charge is 2.28. The molecule has 0 aromatic heterocycles. The van der Waals surface area contributed by atoms with Crippen molar-refractivity contribution in [2.75, 3.05) is 13.2 Å². The molecule has 2 atom stereocenters. The van der Waals surface area contributed by atoms with Gasteiger partial charge in [0.2, 0.25) is 0 Å². The number of nitriles is 2. The van der Waals surface area contributed by atoms with E-state index < -0.39 is 0 Å². The number of aliphatic hydroxyl groups excluding tert-OH is 2. The number of rotatable bonds is 6. The highest BCUT2D eigenvalue weighted by Crippen LogP contribution is 2.47. The third-order valence-electron chi connectivity index (χ3n) is 5.76. The van der Waals surface area contributed by atoms with Gasteiger partial charge in [-0.2, -0.15) is 10.5 Å². The Morgan fingerprint density at radius 3 is 1.54 bits per heavy atom. The summed E-state index contributed by atoms with van der Waals surface area (Å²) in [5.74, 6) is 0.0506. The number of hydrogen-bond donors (Lipinski definition) is 2. The molecule has 0 amide bonds. The molecule has 2 unspecified atom stereocenters. The molecule has 2 aromatic rings. The summed E-state index contributed by atoms with van der Waals surface area (Å²) in [5, 5.41) is 38.5. The highest BCUT2D eigenvalue weighted by molar-refractivity contribution is 6.04. The van der Waals surface area contributed by atoms with Crippen LogP contribution < -0.4 is 0 Å². The molecule has 0 aliphatic heterocycles. The first kappa shape index (κ1) is 19.8. The fraction of sp³-hybridized carbons (Fsp3) is 0.333. The lowest BCUT2D eigenvalue weighted by Crippen LogP contribution is -2.03. The Hall–Kier alpha value is -2.92. The molecule has 1 aliphatic rings. The molecule has 4 nitrogen and oxygen atoms in total. The lowest BCUT2D eigenvalue weighted by atomic mass is 9.91. The fourth-order valence-corrected chi connectivity index (χ4v) is 4.01. The van der Waals surface area contributed by atoms with Gasteiger partial charge in [0.1, 0.15) is 17.7 Å². The SMILES string of the molecule is CCC(CO)c1ccc2c(c1)C(=C(C#N)C#N)c1cc(C(CC)CO)ccc1-2. The van der Waals surface area contributed by atoms with E-state index in [-0.39, 0.29) is 30.6 Å². The Bertz CT molecular complexity index is 921. The Balaban J connectivity index is 2.27. The predicted octanol–water partition coefficient (Wildman–Crippen LogP) is 4.49. The zero-order valence-electron chi connectivity index (χ0n) is 16.2. The minimum Gasteiger partial charge on any atom is -0.396 e. The average Bonchev–Trinajstić information content (AvgIpc) is 3.04. The minimum atomic E-state index is 0.0253. The van der Waals surface area contributed by atoms with Crippen molar-refractivity contribution in [1.82, 2.24) is 0 Å². The second-order valence-electron chi connectivity index (χ2n) is 7.16. The Labute approximate surface area is 166 Å². The van der Waals surface area contributed by atoms with E-state index >= 15 is 0 Å². The predicted molar refractivity (Wildman–Crippen MR) is 109 cm³/mol. The molecule has 0 radical (unpaired) electrons. The smallest absolute Gasteiger partial charge is 0.138 e. The van der Waals surface area contributed by atoms with Crippen LogP contribution in [0.4, 0.5) is 0 Å². The Morgan fingerprint density at radius 1 is 0.786 bits per heavy atom. The molecule has 0 saturated heterocycles. The van der Waals surface area contributed by atoms with Crippen LogP contribution in [0, 0.1) is 22.7 Å². The van der Waals surface area contributed by atoms with Crippen LogP contribution in [0.5, 0.6) is 0 Å². The first-order valence-electron chi connectivity index (χ1n) is 9.68. The normalized spacial score (nSPS) is 13.9. The van der Waals surface area contributed by atoms with E-state index in [4.69, 9.17) is 0 Å². The summed E-state index contributed by atoms with van der Waals surface area (Å²) < 4.78 is 0. The molecular weight excluding hydrogens is 348 g/mol. The van der Waals surface area contributed by atoms with Crippen molar-refractivity contribution in [3.8, 4) is 23.3 Å². The van der Waals surface area contributed by atoms with Crippen LogP contribution in [0.25, 0.3) is 16.7 Å². The summed E-state index contributed by atoms with van der Waals surface area (Å²) in [6.07, 6.45) is 1.62. The van der Waals surface area contributed by atoms with Gasteiger partial charge in [-0.25, -0.2) is 0 Å². The van der Waals surface area contributed by atoms with Gasteiger partial charge in [-0.1, -0.05) is 50.2 Å². The maximum atomic E-state index is 9.68. The van der Waals surface area contributed by atoms with Crippen LogP contribution in [0.15, 0.2) is 42.0 Å². The summed E-state index contributed by atoms with van der Waals surface area (Å²) in [7, 11) is 0. The summed E-state index contributed by atoms with van der Waals surface area (Å²) in [4.78, 5) is 0. The number of allylic oxidation sites excluding steroid dienone is 1. The van der Waals surface area contributed by atoms with E-state index in [1.807, 2.05) is 62.4 Å². The van der Waals surface area contributed by atoms with E-state index in [0.29, 0.717) is 5.57 Å². The van der Waals surface area contributed by atoms with Gasteiger partial charge in [0.25, 0.3) is 0 Å². The monoisotopic (exact) mass is 372 g/mol. The van der Waals surface area contributed by atoms with Gasteiger partial charge < -0.3 is 10.2 Å². The lowest BCUT2D eigenvalue weighted by Gasteiger charge is -2.14. The molecule has 3 rings (SSSR count). The van der Waals surface area contributed by atoms with E-state index in [1.165, 1.54) is 0 Å². The Morgan fingerprint density at radius 2 is 1.21 bits per heavy atom. The maximum absolute atomic E-state index is 9.68. The van der Waals surface area contributed by atoms with E-state index in [2.05, 4.69) is 0 Å². The first-order chi connectivity index (χ1) is 13.6. The minimum absolute atomic E-state index is 0.0253. The van der Waals surface area contributed by atoms with Crippen molar-refractivity contribution in [3.05, 3.63) is 64.2 Å². The van der Waals surface area contributed by atoms with Gasteiger partial charge in [-0.3, -0.25) is 0 Å². The van der Waals surface area contributed by atoms with Crippen LogP contribution in [0.2, 0.25) is 0 Å². The van der Waals surface area contributed by atoms with E-state index in [9.17, 15) is 20.7 Å². The molecule has 0 fully saturated rings. The number of fused-ring (bicyclic) bond motifs is 3. The standard InChI is InChI=1S/C24H24N2O2/c1-3-15(13-27)17-5-7-20-21-8-6-18(16(4-2)14-28)10-23(21)24(22(20)9-17)19(11-25)12-26/h5-10,15-16,27-28H,3-4,13-14H2,1-2H3. The molecule has 0 spiro atoms. The largest absolute Gasteiger partial charge is 0.396 e. The van der Waals surface area contributed by atoms with Crippen molar-refractivity contribution in [2.45, 2.75) is 38.5 Å². The van der Waals surface area contributed by atoms with E-state index in [0.717, 1.165) is 46.2 Å². The summed E-state index contributed by atoms with van der Waals surface area (Å²) >= 11 is 0. The van der Waals surface area contributed by atoms with Crippen molar-refractivity contribution in [2.24, 2.45) is 0 Å². The molecule has 2 aromatic carbocycles. The van der Waals surface area contributed by atoms with Crippen LogP contribution >= 0.6 is 0 Å². The summed E-state index contributed by atoms with van der Waals surface area (Å²) in [6, 6.07) is 16.2. The van der Waals surface area contributed by atoms with E-state index in [1.54, 1.807) is 0 Å².